The van der Waals surface area contributed by atoms with Crippen molar-refractivity contribution in [2.24, 2.45) is 0 Å². The molecule has 0 aliphatic heterocycles. The summed E-state index contributed by atoms with van der Waals surface area (Å²) in [5, 5.41) is 3.58. The van der Waals surface area contributed by atoms with Crippen LogP contribution in [0, 0.1) is 23.3 Å². The normalized spacial score (nSPS) is 12.5. The number of hydrogen-bond donors (Lipinski definition) is 0. The molecule has 1 atom stereocenters. The standard InChI is InChI=1S/C12H8F4N2O/c1-6(18-5-8(13)4-17-18)12(19)7-2-9(14)11(16)10(15)3-7/h2-6H,1H3/t6-/m0/s1. The van der Waals surface area contributed by atoms with E-state index in [4.69, 9.17) is 0 Å². The van der Waals surface area contributed by atoms with Gasteiger partial charge in [-0.1, -0.05) is 0 Å². The summed E-state index contributed by atoms with van der Waals surface area (Å²) >= 11 is 0. The summed E-state index contributed by atoms with van der Waals surface area (Å²) in [5.74, 6) is -5.91. The van der Waals surface area contributed by atoms with E-state index >= 15 is 0 Å². The number of hydrogen-bond acceptors (Lipinski definition) is 2. The van der Waals surface area contributed by atoms with Crippen LogP contribution >= 0.6 is 0 Å². The molecule has 0 radical (unpaired) electrons. The van der Waals surface area contributed by atoms with Crippen molar-refractivity contribution in [1.29, 1.82) is 0 Å². The third kappa shape index (κ3) is 2.49. The van der Waals surface area contributed by atoms with Crippen LogP contribution in [0.2, 0.25) is 0 Å². The largest absolute Gasteiger partial charge is 0.292 e. The van der Waals surface area contributed by atoms with Crippen molar-refractivity contribution in [3.05, 3.63) is 53.4 Å². The molecule has 1 aromatic heterocycles. The monoisotopic (exact) mass is 272 g/mol. The highest BCUT2D eigenvalue weighted by molar-refractivity contribution is 5.98. The molecule has 0 spiro atoms. The smallest absolute Gasteiger partial charge is 0.194 e. The van der Waals surface area contributed by atoms with Crippen LogP contribution in [0.5, 0.6) is 0 Å². The molecule has 7 heteroatoms. The summed E-state index contributed by atoms with van der Waals surface area (Å²) in [6, 6.07) is 0.225. The molecular formula is C12H8F4N2O. The molecule has 0 unspecified atom stereocenters. The number of Topliss-reactive ketones (excluding diaryl/α,β-unsaturated/α-hetero) is 1. The lowest BCUT2D eigenvalue weighted by molar-refractivity contribution is 0.0927. The van der Waals surface area contributed by atoms with Crippen LogP contribution < -0.4 is 0 Å². The molecule has 2 aromatic rings. The third-order valence-corrected chi connectivity index (χ3v) is 2.61. The fourth-order valence-electron chi connectivity index (χ4n) is 1.59. The highest BCUT2D eigenvalue weighted by atomic mass is 19.2. The SMILES string of the molecule is C[C@@H](C(=O)c1cc(F)c(F)c(F)c1)n1cc(F)cn1. The van der Waals surface area contributed by atoms with Crippen molar-refractivity contribution in [2.45, 2.75) is 13.0 Å². The summed E-state index contributed by atoms with van der Waals surface area (Å²) in [4.78, 5) is 11.9. The molecule has 3 nitrogen and oxygen atoms in total. The molecule has 0 aliphatic carbocycles. The Hall–Kier alpha value is -2.18. The summed E-state index contributed by atoms with van der Waals surface area (Å²) in [7, 11) is 0. The molecule has 1 aromatic carbocycles. The van der Waals surface area contributed by atoms with E-state index in [-0.39, 0.29) is 5.56 Å². The van der Waals surface area contributed by atoms with Crippen LogP contribution in [0.1, 0.15) is 23.3 Å². The number of ketones is 1. The average Bonchev–Trinajstić information content (AvgIpc) is 2.80. The van der Waals surface area contributed by atoms with E-state index in [0.717, 1.165) is 17.1 Å². The second-order valence-corrected chi connectivity index (χ2v) is 3.93. The van der Waals surface area contributed by atoms with E-state index in [1.165, 1.54) is 6.92 Å². The van der Waals surface area contributed by atoms with Gasteiger partial charge < -0.3 is 0 Å². The van der Waals surface area contributed by atoms with Gasteiger partial charge in [-0.2, -0.15) is 5.10 Å². The minimum atomic E-state index is -1.64. The van der Waals surface area contributed by atoms with E-state index in [9.17, 15) is 22.4 Å². The molecule has 19 heavy (non-hydrogen) atoms. The van der Waals surface area contributed by atoms with Gasteiger partial charge in [-0.25, -0.2) is 17.6 Å². The number of carbonyl (C=O) groups is 1. The Morgan fingerprint density at radius 3 is 2.26 bits per heavy atom. The predicted octanol–water partition coefficient (Wildman–Crippen LogP) is 2.88. The zero-order chi connectivity index (χ0) is 14.2. The van der Waals surface area contributed by atoms with Crippen molar-refractivity contribution in [2.75, 3.05) is 0 Å². The van der Waals surface area contributed by atoms with Crippen molar-refractivity contribution < 1.29 is 22.4 Å². The Morgan fingerprint density at radius 1 is 1.21 bits per heavy atom. The van der Waals surface area contributed by atoms with Gasteiger partial charge in [-0.15, -0.1) is 0 Å². The lowest BCUT2D eigenvalue weighted by atomic mass is 10.1. The Balaban J connectivity index is 2.34. The molecule has 0 N–H and O–H groups in total. The van der Waals surface area contributed by atoms with Crippen LogP contribution in [0.25, 0.3) is 0 Å². The van der Waals surface area contributed by atoms with Crippen molar-refractivity contribution in [3.8, 4) is 0 Å². The fraction of sp³-hybridized carbons (Fsp3) is 0.167. The van der Waals surface area contributed by atoms with Gasteiger partial charge in [0.25, 0.3) is 0 Å². The minimum absolute atomic E-state index is 0.347. The zero-order valence-electron chi connectivity index (χ0n) is 9.70. The number of carbonyl (C=O) groups excluding carboxylic acids is 1. The topological polar surface area (TPSA) is 34.9 Å². The molecule has 0 amide bonds. The van der Waals surface area contributed by atoms with Gasteiger partial charge in [0.1, 0.15) is 6.04 Å². The Bertz CT molecular complexity index is 615. The first-order valence-electron chi connectivity index (χ1n) is 5.28. The van der Waals surface area contributed by atoms with Gasteiger partial charge >= 0.3 is 0 Å². The molecule has 1 heterocycles. The molecule has 0 aliphatic rings. The molecule has 2 rings (SSSR count). The molecule has 0 fully saturated rings. The first kappa shape index (κ1) is 13.3. The molecule has 0 saturated carbocycles. The lowest BCUT2D eigenvalue weighted by Crippen LogP contribution is -2.18. The highest BCUT2D eigenvalue weighted by Gasteiger charge is 2.21. The van der Waals surface area contributed by atoms with E-state index in [0.29, 0.717) is 12.1 Å². The van der Waals surface area contributed by atoms with Gasteiger partial charge in [-0.05, 0) is 19.1 Å². The first-order valence-corrected chi connectivity index (χ1v) is 5.28. The third-order valence-electron chi connectivity index (χ3n) is 2.61. The summed E-state index contributed by atoms with van der Waals surface area (Å²) in [6.07, 6.45) is 1.87. The molecule has 100 valence electrons. The summed E-state index contributed by atoms with van der Waals surface area (Å²) in [6.45, 7) is 1.38. The number of nitrogens with zero attached hydrogens (tertiary/aromatic N) is 2. The summed E-state index contributed by atoms with van der Waals surface area (Å²) < 4.78 is 52.6. The highest BCUT2D eigenvalue weighted by Crippen LogP contribution is 2.18. The zero-order valence-corrected chi connectivity index (χ0v) is 9.70. The maximum atomic E-state index is 13.0. The average molecular weight is 272 g/mol. The quantitative estimate of drug-likeness (QED) is 0.489. The van der Waals surface area contributed by atoms with Crippen LogP contribution in [-0.4, -0.2) is 15.6 Å². The van der Waals surface area contributed by atoms with Gasteiger partial charge in [-0.3, -0.25) is 9.48 Å². The van der Waals surface area contributed by atoms with E-state index in [1.807, 2.05) is 0 Å². The maximum absolute atomic E-state index is 13.0. The van der Waals surface area contributed by atoms with Crippen LogP contribution in [0.4, 0.5) is 17.6 Å². The van der Waals surface area contributed by atoms with Crippen molar-refractivity contribution >= 4 is 5.78 Å². The van der Waals surface area contributed by atoms with Gasteiger partial charge in [0.2, 0.25) is 0 Å². The Labute approximate surface area is 105 Å². The number of rotatable bonds is 3. The second kappa shape index (κ2) is 4.83. The second-order valence-electron chi connectivity index (χ2n) is 3.93. The molecular weight excluding hydrogens is 264 g/mol. The van der Waals surface area contributed by atoms with Gasteiger partial charge in [0, 0.05) is 5.56 Å². The number of halogens is 4. The maximum Gasteiger partial charge on any atom is 0.194 e. The van der Waals surface area contributed by atoms with E-state index in [1.54, 1.807) is 0 Å². The first-order chi connectivity index (χ1) is 8.90. The Morgan fingerprint density at radius 2 is 1.79 bits per heavy atom. The number of aromatic nitrogens is 2. The predicted molar refractivity (Wildman–Crippen MR) is 57.5 cm³/mol. The van der Waals surface area contributed by atoms with Crippen molar-refractivity contribution in [3.63, 3.8) is 0 Å². The molecule has 0 bridgehead atoms. The van der Waals surface area contributed by atoms with E-state index < -0.39 is 35.1 Å². The lowest BCUT2D eigenvalue weighted by Gasteiger charge is -2.11. The van der Waals surface area contributed by atoms with Crippen LogP contribution in [-0.2, 0) is 0 Å². The van der Waals surface area contributed by atoms with Gasteiger partial charge in [0.15, 0.2) is 29.1 Å². The minimum Gasteiger partial charge on any atom is -0.292 e. The van der Waals surface area contributed by atoms with Crippen LogP contribution in [0.3, 0.4) is 0 Å². The Kier molecular flexibility index (Phi) is 3.37. The summed E-state index contributed by atoms with van der Waals surface area (Å²) in [5.41, 5.74) is -0.347. The van der Waals surface area contributed by atoms with Crippen LogP contribution in [0.15, 0.2) is 24.5 Å². The van der Waals surface area contributed by atoms with Gasteiger partial charge in [0.05, 0.1) is 12.4 Å². The number of benzene rings is 1. The fourth-order valence-corrected chi connectivity index (χ4v) is 1.59. The van der Waals surface area contributed by atoms with E-state index in [2.05, 4.69) is 5.10 Å². The molecule has 0 saturated heterocycles. The van der Waals surface area contributed by atoms with Crippen molar-refractivity contribution in [1.82, 2.24) is 9.78 Å².